The summed E-state index contributed by atoms with van der Waals surface area (Å²) in [5.74, 6) is 0.866. The van der Waals surface area contributed by atoms with E-state index in [1.807, 2.05) is 6.07 Å². The van der Waals surface area contributed by atoms with E-state index in [1.54, 1.807) is 6.92 Å². The van der Waals surface area contributed by atoms with Gasteiger partial charge in [0.2, 0.25) is 0 Å². The minimum absolute atomic E-state index is 0.353. The largest absolute Gasteiger partial charge is 0.491 e. The van der Waals surface area contributed by atoms with Crippen molar-refractivity contribution in [3.63, 3.8) is 0 Å². The van der Waals surface area contributed by atoms with Crippen molar-refractivity contribution in [1.82, 2.24) is 5.32 Å². The lowest BCUT2D eigenvalue weighted by Gasteiger charge is -2.27. The molecule has 2 unspecified atom stereocenters. The molecule has 0 aliphatic heterocycles. The van der Waals surface area contributed by atoms with Crippen LogP contribution >= 0.6 is 0 Å². The van der Waals surface area contributed by atoms with Gasteiger partial charge in [-0.3, -0.25) is 0 Å². The van der Waals surface area contributed by atoms with Gasteiger partial charge >= 0.3 is 0 Å². The number of aliphatic hydroxyl groups is 1. The maximum absolute atomic E-state index is 9.28. The molecule has 2 atom stereocenters. The van der Waals surface area contributed by atoms with Crippen LogP contribution in [0.3, 0.4) is 0 Å². The highest BCUT2D eigenvalue weighted by Crippen LogP contribution is 2.32. The number of hydrogen-bond donors (Lipinski definition) is 2. The van der Waals surface area contributed by atoms with Crippen LogP contribution in [0.4, 0.5) is 0 Å². The third kappa shape index (κ3) is 3.95. The Morgan fingerprint density at radius 1 is 1.47 bits per heavy atom. The zero-order valence-corrected chi connectivity index (χ0v) is 12.0. The third-order valence-corrected chi connectivity index (χ3v) is 3.56. The lowest BCUT2D eigenvalue weighted by atomic mass is 9.87. The summed E-state index contributed by atoms with van der Waals surface area (Å²) in [6.07, 6.45) is 4.35. The van der Waals surface area contributed by atoms with Gasteiger partial charge in [-0.2, -0.15) is 0 Å². The molecule has 0 bridgehead atoms. The number of ether oxygens (including phenoxy) is 1. The first-order valence-electron chi connectivity index (χ1n) is 7.37. The van der Waals surface area contributed by atoms with Gasteiger partial charge in [-0.25, -0.2) is 0 Å². The van der Waals surface area contributed by atoms with Crippen LogP contribution in [-0.2, 0) is 6.42 Å². The Balaban J connectivity index is 2.10. The lowest BCUT2D eigenvalue weighted by Crippen LogP contribution is -2.26. The van der Waals surface area contributed by atoms with Crippen LogP contribution in [0, 0.1) is 0 Å². The molecule has 0 saturated carbocycles. The van der Waals surface area contributed by atoms with Gasteiger partial charge in [0, 0.05) is 6.04 Å². The Bertz CT molecular complexity index is 404. The van der Waals surface area contributed by atoms with E-state index in [1.165, 1.54) is 24.0 Å². The average molecular weight is 263 g/mol. The first-order valence-corrected chi connectivity index (χ1v) is 7.37. The highest BCUT2D eigenvalue weighted by atomic mass is 16.5. The molecule has 0 aromatic heterocycles. The fourth-order valence-electron chi connectivity index (χ4n) is 2.61. The van der Waals surface area contributed by atoms with E-state index in [2.05, 4.69) is 24.4 Å². The Morgan fingerprint density at radius 2 is 2.32 bits per heavy atom. The van der Waals surface area contributed by atoms with Crippen LogP contribution in [0.2, 0.25) is 0 Å². The Labute approximate surface area is 116 Å². The van der Waals surface area contributed by atoms with Crippen LogP contribution in [0.5, 0.6) is 5.75 Å². The number of hydrogen-bond acceptors (Lipinski definition) is 3. The normalized spacial score (nSPS) is 19.8. The van der Waals surface area contributed by atoms with E-state index in [0.29, 0.717) is 12.6 Å². The van der Waals surface area contributed by atoms with Crippen molar-refractivity contribution in [1.29, 1.82) is 0 Å². The molecule has 0 fully saturated rings. The predicted octanol–water partition coefficient (Wildman–Crippen LogP) is 2.82. The highest BCUT2D eigenvalue weighted by molar-refractivity contribution is 5.39. The molecule has 3 heteroatoms. The second kappa shape index (κ2) is 6.92. The van der Waals surface area contributed by atoms with Crippen LogP contribution in [-0.4, -0.2) is 24.4 Å². The molecule has 1 aliphatic rings. The van der Waals surface area contributed by atoms with Crippen molar-refractivity contribution >= 4 is 0 Å². The molecule has 1 aromatic rings. The van der Waals surface area contributed by atoms with Crippen molar-refractivity contribution in [2.45, 2.75) is 51.7 Å². The SMILES string of the molecule is CCCNC1CCCc2ccc(OCC(C)O)cc21. The van der Waals surface area contributed by atoms with Gasteiger partial charge in [-0.05, 0) is 62.4 Å². The molecule has 106 valence electrons. The Kier molecular flexibility index (Phi) is 5.23. The number of aliphatic hydroxyl groups excluding tert-OH is 1. The fraction of sp³-hybridized carbons (Fsp3) is 0.625. The summed E-state index contributed by atoms with van der Waals surface area (Å²) in [6, 6.07) is 6.79. The molecule has 0 saturated heterocycles. The average Bonchev–Trinajstić information content (AvgIpc) is 2.42. The number of aryl methyl sites for hydroxylation is 1. The lowest BCUT2D eigenvalue weighted by molar-refractivity contribution is 0.122. The molecule has 0 spiro atoms. The monoisotopic (exact) mass is 263 g/mol. The second-order valence-electron chi connectivity index (χ2n) is 5.42. The first kappa shape index (κ1) is 14.4. The van der Waals surface area contributed by atoms with E-state index < -0.39 is 6.10 Å². The number of benzene rings is 1. The van der Waals surface area contributed by atoms with Crippen LogP contribution < -0.4 is 10.1 Å². The standard InChI is InChI=1S/C16H25NO2/c1-3-9-17-16-6-4-5-13-7-8-14(10-15(13)16)19-11-12(2)18/h7-8,10,12,16-18H,3-6,9,11H2,1-2H3. The minimum atomic E-state index is -0.426. The summed E-state index contributed by atoms with van der Waals surface area (Å²) < 4.78 is 5.61. The zero-order chi connectivity index (χ0) is 13.7. The predicted molar refractivity (Wildman–Crippen MR) is 77.6 cm³/mol. The molecule has 3 nitrogen and oxygen atoms in total. The number of nitrogens with one attached hydrogen (secondary N) is 1. The van der Waals surface area contributed by atoms with Gasteiger partial charge < -0.3 is 15.2 Å². The Hall–Kier alpha value is -1.06. The smallest absolute Gasteiger partial charge is 0.119 e. The van der Waals surface area contributed by atoms with E-state index in [-0.39, 0.29) is 0 Å². The zero-order valence-electron chi connectivity index (χ0n) is 12.0. The maximum Gasteiger partial charge on any atom is 0.119 e. The topological polar surface area (TPSA) is 41.5 Å². The second-order valence-corrected chi connectivity index (χ2v) is 5.42. The molecule has 1 aliphatic carbocycles. The summed E-state index contributed by atoms with van der Waals surface area (Å²) in [5.41, 5.74) is 2.81. The van der Waals surface area contributed by atoms with Crippen molar-refractivity contribution in [2.75, 3.05) is 13.2 Å². The molecule has 1 aromatic carbocycles. The third-order valence-electron chi connectivity index (χ3n) is 3.56. The van der Waals surface area contributed by atoms with Gasteiger partial charge in [-0.15, -0.1) is 0 Å². The molecule has 0 radical (unpaired) electrons. The number of fused-ring (bicyclic) bond motifs is 1. The van der Waals surface area contributed by atoms with Gasteiger partial charge in [0.05, 0.1) is 6.10 Å². The summed E-state index contributed by atoms with van der Waals surface area (Å²) >= 11 is 0. The molecular formula is C16H25NO2. The van der Waals surface area contributed by atoms with E-state index in [9.17, 15) is 5.11 Å². The van der Waals surface area contributed by atoms with Gasteiger partial charge in [0.1, 0.15) is 12.4 Å². The van der Waals surface area contributed by atoms with E-state index in [0.717, 1.165) is 25.1 Å². The molecule has 0 heterocycles. The first-order chi connectivity index (χ1) is 9.20. The maximum atomic E-state index is 9.28. The van der Waals surface area contributed by atoms with Crippen molar-refractivity contribution in [3.05, 3.63) is 29.3 Å². The molecule has 2 rings (SSSR count). The Morgan fingerprint density at radius 3 is 3.05 bits per heavy atom. The van der Waals surface area contributed by atoms with Crippen molar-refractivity contribution in [3.8, 4) is 5.75 Å². The summed E-state index contributed by atoms with van der Waals surface area (Å²) in [6.45, 7) is 5.34. The van der Waals surface area contributed by atoms with Gasteiger partial charge in [0.15, 0.2) is 0 Å². The van der Waals surface area contributed by atoms with Crippen molar-refractivity contribution < 1.29 is 9.84 Å². The summed E-state index contributed by atoms with van der Waals surface area (Å²) in [5, 5.41) is 12.9. The van der Waals surface area contributed by atoms with Crippen LogP contribution in [0.15, 0.2) is 18.2 Å². The van der Waals surface area contributed by atoms with Crippen LogP contribution in [0.1, 0.15) is 50.3 Å². The quantitative estimate of drug-likeness (QED) is 0.829. The van der Waals surface area contributed by atoms with Gasteiger partial charge in [0.25, 0.3) is 0 Å². The molecular weight excluding hydrogens is 238 g/mol. The minimum Gasteiger partial charge on any atom is -0.491 e. The van der Waals surface area contributed by atoms with Gasteiger partial charge in [-0.1, -0.05) is 13.0 Å². The highest BCUT2D eigenvalue weighted by Gasteiger charge is 2.20. The molecule has 2 N–H and O–H groups in total. The molecule has 19 heavy (non-hydrogen) atoms. The van der Waals surface area contributed by atoms with Crippen molar-refractivity contribution in [2.24, 2.45) is 0 Å². The fourth-order valence-corrected chi connectivity index (χ4v) is 2.61. The summed E-state index contributed by atoms with van der Waals surface area (Å²) in [7, 11) is 0. The summed E-state index contributed by atoms with van der Waals surface area (Å²) in [4.78, 5) is 0. The molecule has 0 amide bonds. The number of rotatable bonds is 6. The van der Waals surface area contributed by atoms with E-state index in [4.69, 9.17) is 4.74 Å². The van der Waals surface area contributed by atoms with Crippen LogP contribution in [0.25, 0.3) is 0 Å². The van der Waals surface area contributed by atoms with E-state index >= 15 is 0 Å².